The van der Waals surface area contributed by atoms with Crippen LogP contribution in [0.15, 0.2) is 24.4 Å². The van der Waals surface area contributed by atoms with E-state index >= 15 is 0 Å². The maximum absolute atomic E-state index is 10.4. The number of hydrogen-bond donors (Lipinski definition) is 0. The van der Waals surface area contributed by atoms with E-state index in [1.54, 1.807) is 24.4 Å². The van der Waals surface area contributed by atoms with Crippen LogP contribution >= 0.6 is 0 Å². The third-order valence-electron chi connectivity index (χ3n) is 0.921. The molecule has 0 aromatic carbocycles. The largest absolute Gasteiger partial charge is 0.273 e. The summed E-state index contributed by atoms with van der Waals surface area (Å²) >= 11 is 0. The second-order valence-electron chi connectivity index (χ2n) is 1.82. The highest BCUT2D eigenvalue weighted by atomic mass is 16.1. The van der Waals surface area contributed by atoms with Gasteiger partial charge in [-0.3, -0.25) is 4.79 Å². The molecule has 0 aliphatic heterocycles. The summed E-state index contributed by atoms with van der Waals surface area (Å²) in [7, 11) is 0. The minimum atomic E-state index is -0.223. The van der Waals surface area contributed by atoms with Gasteiger partial charge in [0.2, 0.25) is 5.91 Å². The minimum Gasteiger partial charge on any atom is -0.273 e. The molecule has 0 fully saturated rings. The lowest BCUT2D eigenvalue weighted by molar-refractivity contribution is -0.118. The Morgan fingerprint density at radius 2 is 2.40 bits per heavy atom. The number of amides is 1. The van der Waals surface area contributed by atoms with Crippen molar-refractivity contribution in [3.63, 3.8) is 0 Å². The topological polar surface area (TPSA) is 44.1 Å². The molecule has 0 N–H and O–H groups in total. The maximum atomic E-state index is 10.4. The molecule has 1 aromatic heterocycles. The first-order chi connectivity index (χ1) is 4.79. The van der Waals surface area contributed by atoms with Gasteiger partial charge in [-0.25, -0.2) is 4.98 Å². The number of carbonyl (C=O) groups excluding carboxylic acids is 1. The van der Waals surface area contributed by atoms with Crippen LogP contribution in [0.3, 0.4) is 0 Å². The predicted octanol–water partition coefficient (Wildman–Crippen LogP) is 0.864. The van der Waals surface area contributed by atoms with Crippen LogP contribution in [0.2, 0.25) is 0 Å². The van der Waals surface area contributed by atoms with Crippen molar-refractivity contribution in [1.29, 1.82) is 0 Å². The quantitative estimate of drug-likeness (QED) is 0.573. The first-order valence-electron chi connectivity index (χ1n) is 2.92. The van der Waals surface area contributed by atoms with Gasteiger partial charge in [0.1, 0.15) is 0 Å². The second-order valence-corrected chi connectivity index (χ2v) is 1.82. The van der Waals surface area contributed by atoms with Gasteiger partial charge in [-0.1, -0.05) is 6.07 Å². The second kappa shape index (κ2) is 2.96. The van der Waals surface area contributed by atoms with Crippen molar-refractivity contribution in [2.75, 3.05) is 0 Å². The highest BCUT2D eigenvalue weighted by molar-refractivity contribution is 5.76. The summed E-state index contributed by atoms with van der Waals surface area (Å²) in [5.74, 6) is 0.244. The van der Waals surface area contributed by atoms with Gasteiger partial charge in [0, 0.05) is 13.1 Å². The van der Waals surface area contributed by atoms with Gasteiger partial charge in [-0.05, 0) is 12.1 Å². The molecule has 0 bridgehead atoms. The van der Waals surface area contributed by atoms with E-state index in [1.165, 1.54) is 6.92 Å². The summed E-state index contributed by atoms with van der Waals surface area (Å²) in [6.45, 7) is 1.40. The summed E-state index contributed by atoms with van der Waals surface area (Å²) in [5.41, 5.74) is 0. The van der Waals surface area contributed by atoms with Crippen molar-refractivity contribution in [2.45, 2.75) is 6.92 Å². The Balaban J connectivity index is 2.67. The van der Waals surface area contributed by atoms with Crippen molar-refractivity contribution in [3.05, 3.63) is 24.4 Å². The van der Waals surface area contributed by atoms with E-state index in [9.17, 15) is 4.79 Å². The zero-order chi connectivity index (χ0) is 7.40. The molecule has 1 amide bonds. The first kappa shape index (κ1) is 6.74. The van der Waals surface area contributed by atoms with Crippen LogP contribution in [-0.4, -0.2) is 10.9 Å². The van der Waals surface area contributed by atoms with Gasteiger partial charge >= 0.3 is 0 Å². The number of pyridine rings is 1. The average molecular weight is 135 g/mol. The number of aromatic nitrogens is 1. The van der Waals surface area contributed by atoms with Crippen LogP contribution in [0.5, 0.6) is 0 Å². The molecule has 1 heterocycles. The number of nitrogens with zero attached hydrogens (tertiary/aromatic N) is 2. The Hall–Kier alpha value is -1.38. The molecule has 0 atom stereocenters. The molecule has 3 nitrogen and oxygen atoms in total. The van der Waals surface area contributed by atoms with E-state index in [0.29, 0.717) is 5.82 Å². The third kappa shape index (κ3) is 1.85. The van der Waals surface area contributed by atoms with Crippen LogP contribution in [0.4, 0.5) is 5.82 Å². The summed E-state index contributed by atoms with van der Waals surface area (Å²) < 4.78 is 0. The normalized spacial score (nSPS) is 8.90. The smallest absolute Gasteiger partial charge is 0.244 e. The zero-order valence-electron chi connectivity index (χ0n) is 5.61. The Morgan fingerprint density at radius 3 is 2.90 bits per heavy atom. The monoisotopic (exact) mass is 135 g/mol. The molecule has 3 heteroatoms. The highest BCUT2D eigenvalue weighted by Crippen LogP contribution is 1.98. The Bertz CT molecular complexity index is 220. The average Bonchev–Trinajstić information content (AvgIpc) is 1.88. The van der Waals surface area contributed by atoms with Crippen LogP contribution in [0.1, 0.15) is 6.92 Å². The van der Waals surface area contributed by atoms with E-state index in [1.807, 2.05) is 0 Å². The zero-order valence-corrected chi connectivity index (χ0v) is 5.61. The van der Waals surface area contributed by atoms with E-state index < -0.39 is 0 Å². The van der Waals surface area contributed by atoms with Gasteiger partial charge in [0.05, 0.1) is 0 Å². The molecular weight excluding hydrogens is 128 g/mol. The van der Waals surface area contributed by atoms with Crippen molar-refractivity contribution in [2.24, 2.45) is 0 Å². The molecule has 0 spiro atoms. The number of hydrogen-bond acceptors (Lipinski definition) is 2. The molecule has 1 aromatic rings. The van der Waals surface area contributed by atoms with Crippen LogP contribution < -0.4 is 5.32 Å². The van der Waals surface area contributed by atoms with Gasteiger partial charge in [-0.2, -0.15) is 5.32 Å². The molecule has 51 valence electrons. The van der Waals surface area contributed by atoms with Gasteiger partial charge in [0.15, 0.2) is 5.82 Å². The molecule has 0 saturated carbocycles. The van der Waals surface area contributed by atoms with Crippen molar-refractivity contribution < 1.29 is 4.79 Å². The highest BCUT2D eigenvalue weighted by Gasteiger charge is 1.95. The first-order valence-corrected chi connectivity index (χ1v) is 2.92. The van der Waals surface area contributed by atoms with Crippen molar-refractivity contribution in [1.82, 2.24) is 10.3 Å². The summed E-state index contributed by atoms with van der Waals surface area (Å²) in [6.07, 6.45) is 1.60. The van der Waals surface area contributed by atoms with Crippen molar-refractivity contribution >= 4 is 11.7 Å². The Labute approximate surface area is 59.1 Å². The fraction of sp³-hybridized carbons (Fsp3) is 0.143. The minimum absolute atomic E-state index is 0.223. The van der Waals surface area contributed by atoms with Crippen LogP contribution in [0, 0.1) is 0 Å². The molecular formula is C7H7N2O. The third-order valence-corrected chi connectivity index (χ3v) is 0.921. The Kier molecular flexibility index (Phi) is 1.99. The molecule has 10 heavy (non-hydrogen) atoms. The fourth-order valence-corrected chi connectivity index (χ4v) is 0.581. The SMILES string of the molecule is CC(=O)[N]c1ccccn1. The molecule has 0 aliphatic carbocycles. The standard InChI is InChI=1S/C7H7N2O/c1-6(10)9-7-4-2-3-5-8-7/h2-5H,1H3. The van der Waals surface area contributed by atoms with Crippen LogP contribution in [-0.2, 0) is 4.79 Å². The maximum Gasteiger partial charge on any atom is 0.244 e. The lowest BCUT2D eigenvalue weighted by atomic mass is 10.4. The van der Waals surface area contributed by atoms with Gasteiger partial charge in [-0.15, -0.1) is 0 Å². The molecule has 0 unspecified atom stereocenters. The van der Waals surface area contributed by atoms with Gasteiger partial charge < -0.3 is 0 Å². The molecule has 1 rings (SSSR count). The van der Waals surface area contributed by atoms with Crippen molar-refractivity contribution in [3.8, 4) is 0 Å². The Morgan fingerprint density at radius 1 is 1.60 bits per heavy atom. The van der Waals surface area contributed by atoms with Gasteiger partial charge in [0.25, 0.3) is 0 Å². The lowest BCUT2D eigenvalue weighted by Gasteiger charge is -1.93. The predicted molar refractivity (Wildman–Crippen MR) is 36.7 cm³/mol. The lowest BCUT2D eigenvalue weighted by Crippen LogP contribution is -2.05. The summed E-state index contributed by atoms with van der Waals surface area (Å²) in [5, 5.41) is 3.61. The summed E-state index contributed by atoms with van der Waals surface area (Å²) in [4.78, 5) is 14.2. The van der Waals surface area contributed by atoms with Crippen LogP contribution in [0.25, 0.3) is 0 Å². The number of carbonyl (C=O) groups is 1. The summed E-state index contributed by atoms with van der Waals surface area (Å²) in [6, 6.07) is 5.25. The van der Waals surface area contributed by atoms with E-state index in [4.69, 9.17) is 0 Å². The molecule has 0 saturated heterocycles. The fourth-order valence-electron chi connectivity index (χ4n) is 0.581. The van der Waals surface area contributed by atoms with E-state index in [-0.39, 0.29) is 5.91 Å². The number of rotatable bonds is 1. The molecule has 0 aliphatic rings. The van der Waals surface area contributed by atoms with E-state index in [2.05, 4.69) is 10.3 Å². The molecule has 1 radical (unpaired) electrons. The van der Waals surface area contributed by atoms with E-state index in [0.717, 1.165) is 0 Å².